The molecule has 0 bridgehead atoms. The number of carbonyl (C=O) groups is 2. The van der Waals surface area contributed by atoms with Gasteiger partial charge < -0.3 is 0 Å². The number of hydrogen-bond donors (Lipinski definition) is 0. The minimum atomic E-state index is -0.239. The maximum absolute atomic E-state index is 12.5. The van der Waals surface area contributed by atoms with Gasteiger partial charge in [-0.3, -0.25) is 9.59 Å². The molecule has 2 saturated carbocycles. The second-order valence-electron chi connectivity index (χ2n) is 8.42. The van der Waals surface area contributed by atoms with Gasteiger partial charge in [0.25, 0.3) is 0 Å². The molecule has 0 amide bonds. The third-order valence-electron chi connectivity index (χ3n) is 7.27. The standard InChI is InChI=1S/C20H28O2/c1-6-13-12(2)14-7-8-17-19(3,4)18(22)9-10-20(17,5)15(14)11-16(13)21/h6,14-15,17H,1,7-11H2,2-5H3. The number of ketones is 2. The van der Waals surface area contributed by atoms with Crippen LogP contribution in [-0.4, -0.2) is 11.6 Å². The highest BCUT2D eigenvalue weighted by Gasteiger charge is 2.58. The highest BCUT2D eigenvalue weighted by molar-refractivity contribution is 6.00. The van der Waals surface area contributed by atoms with E-state index < -0.39 is 0 Å². The van der Waals surface area contributed by atoms with Crippen molar-refractivity contribution in [2.24, 2.45) is 28.6 Å². The van der Waals surface area contributed by atoms with E-state index in [1.165, 1.54) is 5.57 Å². The average molecular weight is 300 g/mol. The second-order valence-corrected chi connectivity index (χ2v) is 8.42. The molecular weight excluding hydrogens is 272 g/mol. The van der Waals surface area contributed by atoms with Gasteiger partial charge >= 0.3 is 0 Å². The third kappa shape index (κ3) is 1.92. The molecule has 2 heteroatoms. The minimum absolute atomic E-state index is 0.115. The SMILES string of the molecule is C=CC1=C(C)C2CCC3C(C)(C)C(=O)CCC3(C)C2CC1=O. The Hall–Kier alpha value is -1.18. The summed E-state index contributed by atoms with van der Waals surface area (Å²) in [7, 11) is 0. The van der Waals surface area contributed by atoms with Crippen LogP contribution in [0.1, 0.15) is 59.8 Å². The fourth-order valence-corrected chi connectivity index (χ4v) is 5.94. The fourth-order valence-electron chi connectivity index (χ4n) is 5.94. The highest BCUT2D eigenvalue weighted by Crippen LogP contribution is 2.63. The topological polar surface area (TPSA) is 34.1 Å². The van der Waals surface area contributed by atoms with Crippen LogP contribution >= 0.6 is 0 Å². The van der Waals surface area contributed by atoms with Crippen LogP contribution in [0.2, 0.25) is 0 Å². The summed E-state index contributed by atoms with van der Waals surface area (Å²) in [5, 5.41) is 0. The predicted octanol–water partition coefficient (Wildman–Crippen LogP) is 4.50. The zero-order chi connectivity index (χ0) is 16.3. The molecule has 4 atom stereocenters. The number of hydrogen-bond acceptors (Lipinski definition) is 2. The predicted molar refractivity (Wildman–Crippen MR) is 88.4 cm³/mol. The van der Waals surface area contributed by atoms with Crippen LogP contribution in [0.5, 0.6) is 0 Å². The van der Waals surface area contributed by atoms with Crippen molar-refractivity contribution in [2.75, 3.05) is 0 Å². The third-order valence-corrected chi connectivity index (χ3v) is 7.27. The number of allylic oxidation sites excluding steroid dienone is 3. The second kappa shape index (κ2) is 4.91. The Morgan fingerprint density at radius 2 is 1.86 bits per heavy atom. The van der Waals surface area contributed by atoms with Crippen molar-refractivity contribution < 1.29 is 9.59 Å². The average Bonchev–Trinajstić information content (AvgIpc) is 2.45. The quantitative estimate of drug-likeness (QED) is 0.714. The lowest BCUT2D eigenvalue weighted by molar-refractivity contribution is -0.152. The van der Waals surface area contributed by atoms with E-state index in [1.54, 1.807) is 6.08 Å². The molecule has 22 heavy (non-hydrogen) atoms. The molecule has 0 N–H and O–H groups in total. The van der Waals surface area contributed by atoms with Crippen LogP contribution in [-0.2, 0) is 9.59 Å². The first kappa shape index (κ1) is 15.7. The van der Waals surface area contributed by atoms with Gasteiger partial charge in [0.1, 0.15) is 5.78 Å². The summed E-state index contributed by atoms with van der Waals surface area (Å²) in [5.41, 5.74) is 1.97. The first-order valence-electron chi connectivity index (χ1n) is 8.63. The van der Waals surface area contributed by atoms with Crippen molar-refractivity contribution in [3.05, 3.63) is 23.8 Å². The molecule has 3 aliphatic rings. The van der Waals surface area contributed by atoms with Crippen LogP contribution in [0.25, 0.3) is 0 Å². The Labute approximate surface area is 134 Å². The normalized spacial score (nSPS) is 41.0. The van der Waals surface area contributed by atoms with Crippen molar-refractivity contribution in [1.29, 1.82) is 0 Å². The van der Waals surface area contributed by atoms with Gasteiger partial charge in [0, 0.05) is 23.8 Å². The van der Waals surface area contributed by atoms with Crippen molar-refractivity contribution in [2.45, 2.75) is 59.8 Å². The van der Waals surface area contributed by atoms with Gasteiger partial charge in [-0.05, 0) is 49.4 Å². The molecule has 120 valence electrons. The highest BCUT2D eigenvalue weighted by atomic mass is 16.1. The molecular formula is C20H28O2. The van der Waals surface area contributed by atoms with Gasteiger partial charge in [-0.1, -0.05) is 39.0 Å². The lowest BCUT2D eigenvalue weighted by atomic mass is 9.44. The Balaban J connectivity index is 2.04. The van der Waals surface area contributed by atoms with Gasteiger partial charge in [0.05, 0.1) is 0 Å². The molecule has 0 aliphatic heterocycles. The molecule has 0 radical (unpaired) electrons. The molecule has 0 spiro atoms. The van der Waals surface area contributed by atoms with Gasteiger partial charge in [-0.2, -0.15) is 0 Å². The monoisotopic (exact) mass is 300 g/mol. The van der Waals surface area contributed by atoms with E-state index in [4.69, 9.17) is 0 Å². The summed E-state index contributed by atoms with van der Waals surface area (Å²) >= 11 is 0. The minimum Gasteiger partial charge on any atom is -0.299 e. The summed E-state index contributed by atoms with van der Waals surface area (Å²) in [4.78, 5) is 24.9. The molecule has 2 fully saturated rings. The molecule has 3 aliphatic carbocycles. The molecule has 0 aromatic rings. The Kier molecular flexibility index (Phi) is 3.50. The van der Waals surface area contributed by atoms with Crippen LogP contribution < -0.4 is 0 Å². The van der Waals surface area contributed by atoms with Gasteiger partial charge in [0.15, 0.2) is 5.78 Å². The summed E-state index contributed by atoms with van der Waals surface area (Å²) in [6.07, 6.45) is 6.22. The van der Waals surface area contributed by atoms with Crippen LogP contribution in [0.3, 0.4) is 0 Å². The van der Waals surface area contributed by atoms with Gasteiger partial charge in [-0.25, -0.2) is 0 Å². The number of fused-ring (bicyclic) bond motifs is 3. The summed E-state index contributed by atoms with van der Waals surface area (Å²) < 4.78 is 0. The Morgan fingerprint density at radius 1 is 1.18 bits per heavy atom. The molecule has 2 nitrogen and oxygen atoms in total. The van der Waals surface area contributed by atoms with Crippen molar-refractivity contribution in [3.8, 4) is 0 Å². The molecule has 0 heterocycles. The Bertz CT molecular complexity index is 581. The maximum atomic E-state index is 12.5. The molecule has 0 saturated heterocycles. The van der Waals surface area contributed by atoms with E-state index in [-0.39, 0.29) is 16.6 Å². The Morgan fingerprint density at radius 3 is 2.50 bits per heavy atom. The number of carbonyl (C=O) groups excluding carboxylic acids is 2. The lowest BCUT2D eigenvalue weighted by Gasteiger charge is -2.59. The fraction of sp³-hybridized carbons (Fsp3) is 0.700. The zero-order valence-electron chi connectivity index (χ0n) is 14.4. The number of rotatable bonds is 1. The largest absolute Gasteiger partial charge is 0.299 e. The van der Waals surface area contributed by atoms with Crippen molar-refractivity contribution in [3.63, 3.8) is 0 Å². The van der Waals surface area contributed by atoms with Crippen LogP contribution in [0.15, 0.2) is 23.8 Å². The van der Waals surface area contributed by atoms with Crippen LogP contribution in [0.4, 0.5) is 0 Å². The van der Waals surface area contributed by atoms with E-state index in [0.29, 0.717) is 36.4 Å². The molecule has 3 rings (SSSR count). The number of Topliss-reactive ketones (excluding diaryl/α,β-unsaturated/α-hetero) is 2. The smallest absolute Gasteiger partial charge is 0.163 e. The lowest BCUT2D eigenvalue weighted by Crippen LogP contribution is -2.56. The van der Waals surface area contributed by atoms with Gasteiger partial charge in [-0.15, -0.1) is 0 Å². The van der Waals surface area contributed by atoms with E-state index in [0.717, 1.165) is 24.8 Å². The molecule has 0 aromatic carbocycles. The van der Waals surface area contributed by atoms with E-state index in [1.807, 2.05) is 0 Å². The van der Waals surface area contributed by atoms with Crippen LogP contribution in [0, 0.1) is 28.6 Å². The molecule has 0 aromatic heterocycles. The van der Waals surface area contributed by atoms with E-state index in [2.05, 4.69) is 34.3 Å². The first-order valence-corrected chi connectivity index (χ1v) is 8.63. The summed E-state index contributed by atoms with van der Waals surface area (Å²) in [6, 6.07) is 0. The zero-order valence-corrected chi connectivity index (χ0v) is 14.4. The summed E-state index contributed by atoms with van der Waals surface area (Å²) in [6.45, 7) is 12.6. The summed E-state index contributed by atoms with van der Waals surface area (Å²) in [5.74, 6) is 1.97. The van der Waals surface area contributed by atoms with Crippen molar-refractivity contribution >= 4 is 11.6 Å². The molecule has 4 unspecified atom stereocenters. The van der Waals surface area contributed by atoms with E-state index >= 15 is 0 Å². The van der Waals surface area contributed by atoms with Crippen molar-refractivity contribution in [1.82, 2.24) is 0 Å². The first-order chi connectivity index (χ1) is 10.2. The maximum Gasteiger partial charge on any atom is 0.163 e. The van der Waals surface area contributed by atoms with Gasteiger partial charge in [0.2, 0.25) is 0 Å². The van der Waals surface area contributed by atoms with E-state index in [9.17, 15) is 9.59 Å².